The number of amides is 1. The molecule has 20 heavy (non-hydrogen) atoms. The van der Waals surface area contributed by atoms with Gasteiger partial charge in [-0.1, -0.05) is 12.1 Å². The van der Waals surface area contributed by atoms with Crippen molar-refractivity contribution < 1.29 is 15.0 Å². The molecule has 0 spiro atoms. The Morgan fingerprint density at radius 2 is 1.85 bits per heavy atom. The monoisotopic (exact) mass is 317 g/mol. The fraction of sp³-hybridized carbons (Fsp3) is 0.500. The summed E-state index contributed by atoms with van der Waals surface area (Å²) in [6.07, 6.45) is -0.473. The lowest BCUT2D eigenvalue weighted by Crippen LogP contribution is -2.42. The lowest BCUT2D eigenvalue weighted by molar-refractivity contribution is -0.127. The number of halogens is 2. The molecule has 6 heteroatoms. The van der Waals surface area contributed by atoms with Gasteiger partial charge in [0.15, 0.2) is 0 Å². The van der Waals surface area contributed by atoms with E-state index in [0.717, 1.165) is 0 Å². The Kier molecular flexibility index (Phi) is 3.93. The number of nitrogens with one attached hydrogen (secondary N) is 1. The predicted molar refractivity (Wildman–Crippen MR) is 77.8 cm³/mol. The van der Waals surface area contributed by atoms with E-state index in [0.29, 0.717) is 12.0 Å². The summed E-state index contributed by atoms with van der Waals surface area (Å²) in [5, 5.41) is 22.1. The standard InChI is InChI=1S/C14H17Cl2NO3/c1-8(11(19)9-3-5-10(18)6-4-9)17-12(20)13(2)7-14(13,15)16/h3-6,8,11,18-19H,7H2,1-2H3,(H,17,20). The van der Waals surface area contributed by atoms with E-state index in [-0.39, 0.29) is 11.7 Å². The summed E-state index contributed by atoms with van der Waals surface area (Å²) in [5.41, 5.74) is -0.196. The van der Waals surface area contributed by atoms with Gasteiger partial charge in [0.25, 0.3) is 0 Å². The molecular weight excluding hydrogens is 301 g/mol. The lowest BCUT2D eigenvalue weighted by Gasteiger charge is -2.23. The number of aromatic hydroxyl groups is 1. The highest BCUT2D eigenvalue weighted by molar-refractivity contribution is 6.53. The molecule has 3 N–H and O–H groups in total. The van der Waals surface area contributed by atoms with Gasteiger partial charge >= 0.3 is 0 Å². The first-order chi connectivity index (χ1) is 9.17. The Morgan fingerprint density at radius 3 is 2.30 bits per heavy atom. The van der Waals surface area contributed by atoms with Gasteiger partial charge in [0.2, 0.25) is 5.91 Å². The third kappa shape index (κ3) is 2.73. The molecule has 1 fully saturated rings. The molecule has 0 heterocycles. The van der Waals surface area contributed by atoms with Crippen LogP contribution in [-0.2, 0) is 4.79 Å². The van der Waals surface area contributed by atoms with Gasteiger partial charge in [-0.3, -0.25) is 4.79 Å². The number of aliphatic hydroxyl groups excluding tert-OH is 1. The van der Waals surface area contributed by atoms with Crippen LogP contribution in [0, 0.1) is 5.41 Å². The van der Waals surface area contributed by atoms with E-state index < -0.39 is 21.9 Å². The van der Waals surface area contributed by atoms with Crippen molar-refractivity contribution in [3.8, 4) is 5.75 Å². The number of phenols is 1. The van der Waals surface area contributed by atoms with Crippen molar-refractivity contribution >= 4 is 29.1 Å². The third-order valence-corrected chi connectivity index (χ3v) is 4.93. The number of aliphatic hydroxyl groups is 1. The van der Waals surface area contributed by atoms with E-state index in [1.165, 1.54) is 12.1 Å². The van der Waals surface area contributed by atoms with Gasteiger partial charge < -0.3 is 15.5 Å². The first kappa shape index (κ1) is 15.4. The number of hydrogen-bond donors (Lipinski definition) is 3. The van der Waals surface area contributed by atoms with Gasteiger partial charge in [0, 0.05) is 0 Å². The molecule has 3 atom stereocenters. The normalized spacial score (nSPS) is 26.6. The Hall–Kier alpha value is -0.970. The summed E-state index contributed by atoms with van der Waals surface area (Å²) in [7, 11) is 0. The highest BCUT2D eigenvalue weighted by Gasteiger charge is 2.68. The molecule has 0 aliphatic heterocycles. The van der Waals surface area contributed by atoms with Crippen LogP contribution in [0.4, 0.5) is 0 Å². The van der Waals surface area contributed by atoms with E-state index in [4.69, 9.17) is 23.2 Å². The molecule has 1 aliphatic carbocycles. The number of phenolic OH excluding ortho intramolecular Hbond substituents is 1. The maximum absolute atomic E-state index is 12.1. The van der Waals surface area contributed by atoms with Crippen LogP contribution < -0.4 is 5.32 Å². The van der Waals surface area contributed by atoms with Gasteiger partial charge in [-0.25, -0.2) is 0 Å². The van der Waals surface area contributed by atoms with E-state index in [2.05, 4.69) is 5.32 Å². The summed E-state index contributed by atoms with van der Waals surface area (Å²) >= 11 is 11.9. The number of carbonyl (C=O) groups is 1. The van der Waals surface area contributed by atoms with Crippen LogP contribution in [0.1, 0.15) is 31.9 Å². The molecule has 0 aromatic heterocycles. The molecular formula is C14H17Cl2NO3. The molecule has 3 unspecified atom stereocenters. The molecule has 110 valence electrons. The van der Waals surface area contributed by atoms with Gasteiger partial charge in [-0.2, -0.15) is 0 Å². The second kappa shape index (κ2) is 5.10. The highest BCUT2D eigenvalue weighted by atomic mass is 35.5. The minimum Gasteiger partial charge on any atom is -0.508 e. The van der Waals surface area contributed by atoms with E-state index >= 15 is 0 Å². The van der Waals surface area contributed by atoms with Crippen LogP contribution in [0.25, 0.3) is 0 Å². The molecule has 2 rings (SSSR count). The van der Waals surface area contributed by atoms with Crippen LogP contribution in [0.5, 0.6) is 5.75 Å². The Bertz CT molecular complexity index is 518. The smallest absolute Gasteiger partial charge is 0.229 e. The van der Waals surface area contributed by atoms with Crippen molar-refractivity contribution in [3.63, 3.8) is 0 Å². The fourth-order valence-corrected chi connectivity index (χ4v) is 2.76. The Balaban J connectivity index is 2.00. The summed E-state index contributed by atoms with van der Waals surface area (Å²) in [6.45, 7) is 3.40. The molecule has 1 aliphatic rings. The van der Waals surface area contributed by atoms with Crippen LogP contribution in [0.2, 0.25) is 0 Å². The fourth-order valence-electron chi connectivity index (χ4n) is 2.05. The van der Waals surface area contributed by atoms with Crippen LogP contribution in [0.3, 0.4) is 0 Å². The number of hydrogen-bond acceptors (Lipinski definition) is 3. The molecule has 1 amide bonds. The molecule has 4 nitrogen and oxygen atoms in total. The molecule has 1 aromatic rings. The zero-order chi connectivity index (χ0) is 15.1. The van der Waals surface area contributed by atoms with Crippen molar-refractivity contribution in [3.05, 3.63) is 29.8 Å². The first-order valence-corrected chi connectivity index (χ1v) is 7.09. The number of rotatable bonds is 4. The maximum atomic E-state index is 12.1. The second-order valence-electron chi connectivity index (χ2n) is 5.51. The zero-order valence-electron chi connectivity index (χ0n) is 11.2. The van der Waals surface area contributed by atoms with Crippen LogP contribution in [0.15, 0.2) is 24.3 Å². The van der Waals surface area contributed by atoms with Gasteiger partial charge in [0.05, 0.1) is 17.6 Å². The average Bonchev–Trinajstić information content (AvgIpc) is 2.90. The molecule has 0 radical (unpaired) electrons. The minimum absolute atomic E-state index is 0.122. The number of carbonyl (C=O) groups excluding carboxylic acids is 1. The highest BCUT2D eigenvalue weighted by Crippen LogP contribution is 2.63. The summed E-state index contributed by atoms with van der Waals surface area (Å²) < 4.78 is -1.03. The average molecular weight is 318 g/mol. The summed E-state index contributed by atoms with van der Waals surface area (Å²) in [6, 6.07) is 5.69. The minimum atomic E-state index is -1.03. The van der Waals surface area contributed by atoms with E-state index in [9.17, 15) is 15.0 Å². The predicted octanol–water partition coefficient (Wildman–Crippen LogP) is 2.51. The van der Waals surface area contributed by atoms with Gasteiger partial charge in [0.1, 0.15) is 10.1 Å². The molecule has 0 bridgehead atoms. The van der Waals surface area contributed by atoms with Crippen molar-refractivity contribution in [1.82, 2.24) is 5.32 Å². The zero-order valence-corrected chi connectivity index (χ0v) is 12.7. The largest absolute Gasteiger partial charge is 0.508 e. The molecule has 1 saturated carbocycles. The topological polar surface area (TPSA) is 69.6 Å². The van der Waals surface area contributed by atoms with Crippen molar-refractivity contribution in [1.29, 1.82) is 0 Å². The number of alkyl halides is 2. The molecule has 0 saturated heterocycles. The van der Waals surface area contributed by atoms with Crippen LogP contribution >= 0.6 is 23.2 Å². The quantitative estimate of drug-likeness (QED) is 0.747. The first-order valence-electron chi connectivity index (χ1n) is 6.33. The maximum Gasteiger partial charge on any atom is 0.229 e. The summed E-state index contributed by atoms with van der Waals surface area (Å²) in [5.74, 6) is -0.148. The van der Waals surface area contributed by atoms with E-state index in [1.54, 1.807) is 26.0 Å². The SMILES string of the molecule is CC(NC(=O)C1(C)CC1(Cl)Cl)C(O)c1ccc(O)cc1. The van der Waals surface area contributed by atoms with E-state index in [1.807, 2.05) is 0 Å². The Labute approximate surface area is 127 Å². The van der Waals surface area contributed by atoms with Crippen LogP contribution in [-0.4, -0.2) is 26.5 Å². The van der Waals surface area contributed by atoms with Gasteiger partial charge in [-0.15, -0.1) is 23.2 Å². The van der Waals surface area contributed by atoms with Crippen molar-refractivity contribution in [2.24, 2.45) is 5.41 Å². The van der Waals surface area contributed by atoms with Crippen molar-refractivity contribution in [2.45, 2.75) is 36.7 Å². The second-order valence-corrected chi connectivity index (χ2v) is 7.00. The molecule has 1 aromatic carbocycles. The van der Waals surface area contributed by atoms with Gasteiger partial charge in [-0.05, 0) is 38.0 Å². The Morgan fingerprint density at radius 1 is 1.35 bits per heavy atom. The summed E-state index contributed by atoms with van der Waals surface area (Å²) in [4.78, 5) is 12.1. The van der Waals surface area contributed by atoms with Crippen molar-refractivity contribution in [2.75, 3.05) is 0 Å². The third-order valence-electron chi connectivity index (χ3n) is 3.83. The number of benzene rings is 1. The lowest BCUT2D eigenvalue weighted by atomic mass is 10.0.